The number of nitrogens with one attached hydrogen (secondary N) is 1. The lowest BCUT2D eigenvalue weighted by Crippen LogP contribution is -2.21. The highest BCUT2D eigenvalue weighted by Gasteiger charge is 2.12. The zero-order valence-electron chi connectivity index (χ0n) is 11.9. The van der Waals surface area contributed by atoms with Gasteiger partial charge in [0.15, 0.2) is 0 Å². The number of carbonyl (C=O) groups is 1. The van der Waals surface area contributed by atoms with Gasteiger partial charge >= 0.3 is 5.97 Å². The van der Waals surface area contributed by atoms with Crippen LogP contribution in [0.3, 0.4) is 0 Å². The van der Waals surface area contributed by atoms with E-state index < -0.39 is 0 Å². The Balaban J connectivity index is 2.30. The monoisotopic (exact) mass is 255 g/mol. The molecule has 0 spiro atoms. The molecule has 106 valence electrons. The van der Waals surface area contributed by atoms with E-state index in [2.05, 4.69) is 12.2 Å². The van der Waals surface area contributed by atoms with E-state index in [1.807, 2.05) is 0 Å². The van der Waals surface area contributed by atoms with Gasteiger partial charge in [-0.3, -0.25) is 4.79 Å². The molecule has 1 saturated heterocycles. The van der Waals surface area contributed by atoms with Crippen molar-refractivity contribution in [3.8, 4) is 0 Å². The molecular formula is C15H29NO2. The molecule has 0 aliphatic carbocycles. The van der Waals surface area contributed by atoms with E-state index in [1.54, 1.807) is 0 Å². The summed E-state index contributed by atoms with van der Waals surface area (Å²) in [4.78, 5) is 11.7. The van der Waals surface area contributed by atoms with E-state index in [1.165, 1.54) is 32.1 Å². The Morgan fingerprint density at radius 3 is 2.50 bits per heavy atom. The van der Waals surface area contributed by atoms with E-state index in [0.717, 1.165) is 38.8 Å². The fourth-order valence-electron chi connectivity index (χ4n) is 2.40. The maximum absolute atomic E-state index is 11.7. The Kier molecular flexibility index (Phi) is 8.92. The van der Waals surface area contributed by atoms with E-state index in [-0.39, 0.29) is 12.1 Å². The molecule has 1 fully saturated rings. The van der Waals surface area contributed by atoms with Crippen LogP contribution in [0.4, 0.5) is 0 Å². The highest BCUT2D eigenvalue weighted by atomic mass is 16.5. The van der Waals surface area contributed by atoms with Gasteiger partial charge in [-0.15, -0.1) is 0 Å². The summed E-state index contributed by atoms with van der Waals surface area (Å²) in [6.07, 6.45) is 11.1. The van der Waals surface area contributed by atoms with Crippen molar-refractivity contribution in [1.82, 2.24) is 5.32 Å². The van der Waals surface area contributed by atoms with Crippen molar-refractivity contribution < 1.29 is 9.53 Å². The molecule has 1 rings (SSSR count). The summed E-state index contributed by atoms with van der Waals surface area (Å²) in [6, 6.07) is 0. The fraction of sp³-hybridized carbons (Fsp3) is 0.933. The minimum atomic E-state index is 0.00433. The molecule has 0 aromatic carbocycles. The lowest BCUT2D eigenvalue weighted by atomic mass is 10.1. The molecule has 1 unspecified atom stereocenters. The molecule has 3 heteroatoms. The van der Waals surface area contributed by atoms with Gasteiger partial charge in [-0.2, -0.15) is 0 Å². The molecule has 0 amide bonds. The Bertz CT molecular complexity index is 219. The van der Waals surface area contributed by atoms with Crippen LogP contribution in [0.25, 0.3) is 0 Å². The van der Waals surface area contributed by atoms with E-state index in [9.17, 15) is 4.79 Å². The van der Waals surface area contributed by atoms with Gasteiger partial charge in [-0.05, 0) is 45.2 Å². The minimum Gasteiger partial charge on any atom is -0.462 e. The van der Waals surface area contributed by atoms with E-state index >= 15 is 0 Å². The zero-order chi connectivity index (χ0) is 13.1. The third-order valence-corrected chi connectivity index (χ3v) is 3.62. The topological polar surface area (TPSA) is 38.3 Å². The van der Waals surface area contributed by atoms with Crippen LogP contribution in [0.2, 0.25) is 0 Å². The van der Waals surface area contributed by atoms with Crippen LogP contribution in [-0.2, 0) is 9.53 Å². The molecule has 1 atom stereocenters. The minimum absolute atomic E-state index is 0.00433. The fourth-order valence-corrected chi connectivity index (χ4v) is 2.40. The number of cyclic esters (lactones) is 1. The molecule has 1 N–H and O–H groups in total. The Labute approximate surface area is 112 Å². The molecular weight excluding hydrogens is 226 g/mol. The van der Waals surface area contributed by atoms with Crippen LogP contribution >= 0.6 is 0 Å². The average molecular weight is 255 g/mol. The number of carbonyl (C=O) groups excluding carboxylic acids is 1. The quantitative estimate of drug-likeness (QED) is 0.730. The summed E-state index contributed by atoms with van der Waals surface area (Å²) in [5, 5.41) is 3.47. The van der Waals surface area contributed by atoms with Crippen LogP contribution < -0.4 is 5.32 Å². The predicted molar refractivity (Wildman–Crippen MR) is 74.6 cm³/mol. The van der Waals surface area contributed by atoms with E-state index in [0.29, 0.717) is 6.42 Å². The highest BCUT2D eigenvalue weighted by Crippen LogP contribution is 2.12. The highest BCUT2D eigenvalue weighted by molar-refractivity contribution is 5.69. The first kappa shape index (κ1) is 15.5. The Morgan fingerprint density at radius 1 is 1.06 bits per heavy atom. The normalized spacial score (nSPS) is 25.8. The number of esters is 1. The second-order valence-electron chi connectivity index (χ2n) is 5.28. The summed E-state index contributed by atoms with van der Waals surface area (Å²) in [5.41, 5.74) is 0. The van der Waals surface area contributed by atoms with Crippen molar-refractivity contribution in [2.75, 3.05) is 13.1 Å². The maximum Gasteiger partial charge on any atom is 0.306 e. The lowest BCUT2D eigenvalue weighted by molar-refractivity contribution is -0.149. The molecule has 18 heavy (non-hydrogen) atoms. The lowest BCUT2D eigenvalue weighted by Gasteiger charge is -2.16. The van der Waals surface area contributed by atoms with Crippen LogP contribution in [0, 0.1) is 0 Å². The van der Waals surface area contributed by atoms with Gasteiger partial charge in [-0.25, -0.2) is 0 Å². The molecule has 1 aliphatic heterocycles. The van der Waals surface area contributed by atoms with Gasteiger partial charge in [0.2, 0.25) is 0 Å². The van der Waals surface area contributed by atoms with E-state index in [4.69, 9.17) is 4.74 Å². The summed E-state index contributed by atoms with van der Waals surface area (Å²) in [7, 11) is 0. The Hall–Kier alpha value is -0.570. The first-order valence-corrected chi connectivity index (χ1v) is 7.73. The van der Waals surface area contributed by atoms with Crippen molar-refractivity contribution in [3.05, 3.63) is 0 Å². The first-order valence-electron chi connectivity index (χ1n) is 7.73. The second-order valence-corrected chi connectivity index (χ2v) is 5.28. The van der Waals surface area contributed by atoms with Crippen molar-refractivity contribution in [2.45, 2.75) is 77.2 Å². The van der Waals surface area contributed by atoms with Crippen LogP contribution in [0.15, 0.2) is 0 Å². The van der Waals surface area contributed by atoms with Crippen LogP contribution in [0.5, 0.6) is 0 Å². The van der Waals surface area contributed by atoms with Crippen LogP contribution in [-0.4, -0.2) is 25.2 Å². The third-order valence-electron chi connectivity index (χ3n) is 3.62. The van der Waals surface area contributed by atoms with Crippen molar-refractivity contribution >= 4 is 5.97 Å². The molecule has 0 saturated carbocycles. The van der Waals surface area contributed by atoms with Gasteiger partial charge in [0.1, 0.15) is 6.10 Å². The third kappa shape index (κ3) is 7.70. The molecule has 0 radical (unpaired) electrons. The summed E-state index contributed by atoms with van der Waals surface area (Å²) in [6.45, 7) is 4.28. The van der Waals surface area contributed by atoms with Crippen LogP contribution in [0.1, 0.15) is 71.1 Å². The first-order chi connectivity index (χ1) is 8.83. The number of hydrogen-bond acceptors (Lipinski definition) is 3. The van der Waals surface area contributed by atoms with Gasteiger partial charge in [0.25, 0.3) is 0 Å². The van der Waals surface area contributed by atoms with Crippen molar-refractivity contribution in [1.29, 1.82) is 0 Å². The summed E-state index contributed by atoms with van der Waals surface area (Å²) < 4.78 is 5.51. The maximum atomic E-state index is 11.7. The van der Waals surface area contributed by atoms with Gasteiger partial charge < -0.3 is 10.1 Å². The second kappa shape index (κ2) is 10.4. The summed E-state index contributed by atoms with van der Waals surface area (Å²) >= 11 is 0. The smallest absolute Gasteiger partial charge is 0.306 e. The van der Waals surface area contributed by atoms with Gasteiger partial charge in [0, 0.05) is 6.42 Å². The molecule has 0 aromatic heterocycles. The van der Waals surface area contributed by atoms with Crippen molar-refractivity contribution in [2.24, 2.45) is 0 Å². The summed E-state index contributed by atoms with van der Waals surface area (Å²) in [5.74, 6) is 0.00433. The standard InChI is InChI=1S/C15H29NO2/c1-2-14-10-9-13-16-12-8-6-4-3-5-7-11-15(17)18-14/h14,16H,2-13H2,1H3. The molecule has 0 bridgehead atoms. The molecule has 1 aliphatic rings. The SMILES string of the molecule is CCC1CCCNCCCCCCCCC(=O)O1. The molecule has 0 aromatic rings. The van der Waals surface area contributed by atoms with Gasteiger partial charge in [-0.1, -0.05) is 32.6 Å². The Morgan fingerprint density at radius 2 is 1.72 bits per heavy atom. The largest absolute Gasteiger partial charge is 0.462 e. The average Bonchev–Trinajstić information content (AvgIpc) is 2.38. The molecule has 1 heterocycles. The molecule has 3 nitrogen and oxygen atoms in total. The number of ether oxygens (including phenoxy) is 1. The predicted octanol–water partition coefficient (Wildman–Crippen LogP) is 3.42. The number of rotatable bonds is 1. The number of hydrogen-bond donors (Lipinski definition) is 1. The zero-order valence-corrected chi connectivity index (χ0v) is 11.9. The van der Waals surface area contributed by atoms with Crippen molar-refractivity contribution in [3.63, 3.8) is 0 Å². The van der Waals surface area contributed by atoms with Gasteiger partial charge in [0.05, 0.1) is 0 Å².